The van der Waals surface area contributed by atoms with Gasteiger partial charge in [0.2, 0.25) is 5.91 Å². The van der Waals surface area contributed by atoms with E-state index in [0.29, 0.717) is 13.1 Å². The van der Waals surface area contributed by atoms with Gasteiger partial charge in [0.05, 0.1) is 11.6 Å². The van der Waals surface area contributed by atoms with Crippen molar-refractivity contribution in [2.45, 2.75) is 19.1 Å². The lowest BCUT2D eigenvalue weighted by Gasteiger charge is -2.37. The number of nitrogens with zero attached hydrogens (tertiary/aromatic N) is 2. The highest BCUT2D eigenvalue weighted by Crippen LogP contribution is 2.29. The monoisotopic (exact) mass is 441 g/mol. The van der Waals surface area contributed by atoms with Gasteiger partial charge in [0.25, 0.3) is 5.91 Å². The second-order valence-corrected chi connectivity index (χ2v) is 7.17. The third-order valence-electron chi connectivity index (χ3n) is 5.20. The third kappa shape index (κ3) is 5.19. The average molecular weight is 441 g/mol. The number of piperazine rings is 1. The predicted molar refractivity (Wildman–Crippen MR) is 103 cm³/mol. The van der Waals surface area contributed by atoms with Gasteiger partial charge >= 0.3 is 6.18 Å². The summed E-state index contributed by atoms with van der Waals surface area (Å²) in [5, 5.41) is 2.25. The van der Waals surface area contributed by atoms with Crippen LogP contribution in [0.5, 0.6) is 0 Å². The van der Waals surface area contributed by atoms with Crippen LogP contribution in [-0.2, 0) is 11.0 Å². The van der Waals surface area contributed by atoms with Crippen LogP contribution in [-0.4, -0.2) is 53.8 Å². The van der Waals surface area contributed by atoms with Gasteiger partial charge in [-0.1, -0.05) is 6.07 Å². The summed E-state index contributed by atoms with van der Waals surface area (Å²) in [7, 11) is 0. The van der Waals surface area contributed by atoms with Crippen molar-refractivity contribution in [3.63, 3.8) is 0 Å². The van der Waals surface area contributed by atoms with Gasteiger partial charge in [-0.3, -0.25) is 14.5 Å². The zero-order valence-corrected chi connectivity index (χ0v) is 16.5. The topological polar surface area (TPSA) is 52.7 Å². The van der Waals surface area contributed by atoms with E-state index >= 15 is 0 Å². The maximum atomic E-state index is 13.7. The smallest absolute Gasteiger partial charge is 0.336 e. The van der Waals surface area contributed by atoms with Crippen LogP contribution in [0.2, 0.25) is 0 Å². The van der Waals surface area contributed by atoms with Gasteiger partial charge in [0.15, 0.2) is 0 Å². The van der Waals surface area contributed by atoms with Gasteiger partial charge in [-0.15, -0.1) is 0 Å². The Labute approximate surface area is 175 Å². The number of halogens is 5. The second-order valence-electron chi connectivity index (χ2n) is 7.17. The summed E-state index contributed by atoms with van der Waals surface area (Å²) in [6.07, 6.45) is -4.48. The molecule has 3 rings (SSSR count). The molecule has 1 atom stereocenters. The predicted octanol–water partition coefficient (Wildman–Crippen LogP) is 3.77. The number of carbonyl (C=O) groups is 2. The summed E-state index contributed by atoms with van der Waals surface area (Å²) >= 11 is 0. The summed E-state index contributed by atoms with van der Waals surface area (Å²) in [5.41, 5.74) is -1.21. The van der Waals surface area contributed by atoms with Gasteiger partial charge < -0.3 is 10.2 Å². The van der Waals surface area contributed by atoms with Gasteiger partial charge in [-0.2, -0.15) is 13.2 Å². The Hall–Kier alpha value is -3.01. The van der Waals surface area contributed by atoms with Gasteiger partial charge in [-0.05, 0) is 43.3 Å². The molecule has 0 saturated carbocycles. The van der Waals surface area contributed by atoms with E-state index in [1.807, 2.05) is 0 Å². The molecule has 1 heterocycles. The molecule has 0 radical (unpaired) electrons. The molecule has 1 unspecified atom stereocenters. The van der Waals surface area contributed by atoms with Crippen LogP contribution >= 0.6 is 0 Å². The quantitative estimate of drug-likeness (QED) is 0.736. The Morgan fingerprint density at radius 1 is 0.935 bits per heavy atom. The zero-order valence-electron chi connectivity index (χ0n) is 16.5. The summed E-state index contributed by atoms with van der Waals surface area (Å²) in [6, 6.07) is 6.55. The fourth-order valence-corrected chi connectivity index (χ4v) is 3.31. The molecule has 166 valence electrons. The van der Waals surface area contributed by atoms with Crippen LogP contribution in [0, 0.1) is 11.6 Å². The highest BCUT2D eigenvalue weighted by molar-refractivity contribution is 5.95. The molecule has 0 bridgehead atoms. The van der Waals surface area contributed by atoms with E-state index in [2.05, 4.69) is 5.32 Å². The van der Waals surface area contributed by atoms with E-state index in [1.165, 1.54) is 11.0 Å². The number of carbonyl (C=O) groups excluding carboxylic acids is 2. The van der Waals surface area contributed by atoms with Crippen molar-refractivity contribution in [2.75, 3.05) is 31.5 Å². The molecule has 1 fully saturated rings. The van der Waals surface area contributed by atoms with Crippen LogP contribution in [0.15, 0.2) is 42.5 Å². The first-order valence-corrected chi connectivity index (χ1v) is 9.53. The SMILES string of the molecule is CC(C(=O)Nc1c(F)cccc1F)N1CCN(C(=O)c2ccc(C(F)(F)F)cc2)CC1. The van der Waals surface area contributed by atoms with E-state index < -0.39 is 46.9 Å². The summed E-state index contributed by atoms with van der Waals surface area (Å²) < 4.78 is 65.5. The van der Waals surface area contributed by atoms with Gasteiger partial charge in [-0.25, -0.2) is 8.78 Å². The van der Waals surface area contributed by atoms with Crippen molar-refractivity contribution in [2.24, 2.45) is 0 Å². The Bertz CT molecular complexity index is 934. The van der Waals surface area contributed by atoms with Crippen LogP contribution in [0.1, 0.15) is 22.8 Å². The van der Waals surface area contributed by atoms with Gasteiger partial charge in [0, 0.05) is 31.7 Å². The van der Waals surface area contributed by atoms with Crippen LogP contribution < -0.4 is 5.32 Å². The number of hydrogen-bond acceptors (Lipinski definition) is 3. The van der Waals surface area contributed by atoms with E-state index in [0.717, 1.165) is 36.4 Å². The first-order valence-electron chi connectivity index (χ1n) is 9.53. The van der Waals surface area contributed by atoms with Crippen molar-refractivity contribution in [3.8, 4) is 0 Å². The maximum absolute atomic E-state index is 13.7. The van der Waals surface area contributed by atoms with Crippen LogP contribution in [0.4, 0.5) is 27.6 Å². The standard InChI is InChI=1S/C21H20F5N3O2/c1-13(19(30)27-18-16(22)3-2-4-17(18)23)28-9-11-29(12-10-28)20(31)14-5-7-15(8-6-14)21(24,25)26/h2-8,13H,9-12H2,1H3,(H,27,30). The Morgan fingerprint density at radius 3 is 2.00 bits per heavy atom. The molecule has 5 nitrogen and oxygen atoms in total. The van der Waals surface area contributed by atoms with Crippen molar-refractivity contribution < 1.29 is 31.5 Å². The largest absolute Gasteiger partial charge is 0.416 e. The lowest BCUT2D eigenvalue weighted by molar-refractivity contribution is -0.137. The van der Waals surface area contributed by atoms with Crippen LogP contribution in [0.3, 0.4) is 0 Å². The minimum Gasteiger partial charge on any atom is -0.336 e. The van der Waals surface area contributed by atoms with Crippen molar-refractivity contribution in [1.29, 1.82) is 0 Å². The van der Waals surface area contributed by atoms with E-state index in [-0.39, 0.29) is 18.7 Å². The van der Waals surface area contributed by atoms with Gasteiger partial charge in [0.1, 0.15) is 17.3 Å². The minimum atomic E-state index is -4.48. The van der Waals surface area contributed by atoms with Crippen molar-refractivity contribution >= 4 is 17.5 Å². The average Bonchev–Trinajstić information content (AvgIpc) is 2.75. The number of benzene rings is 2. The molecule has 0 aromatic heterocycles. The fourth-order valence-electron chi connectivity index (χ4n) is 3.31. The fraction of sp³-hybridized carbons (Fsp3) is 0.333. The van der Waals surface area contributed by atoms with E-state index in [1.54, 1.807) is 11.8 Å². The Kier molecular flexibility index (Phi) is 6.59. The molecular formula is C21H20F5N3O2. The molecule has 1 aliphatic rings. The molecule has 1 aliphatic heterocycles. The number of rotatable bonds is 4. The first kappa shape index (κ1) is 22.7. The number of amides is 2. The number of anilines is 1. The van der Waals surface area contributed by atoms with Crippen LogP contribution in [0.25, 0.3) is 0 Å². The highest BCUT2D eigenvalue weighted by Gasteiger charge is 2.31. The molecule has 2 amide bonds. The molecule has 1 saturated heterocycles. The third-order valence-corrected chi connectivity index (χ3v) is 5.20. The number of nitrogens with one attached hydrogen (secondary N) is 1. The molecule has 2 aromatic rings. The van der Waals surface area contributed by atoms with E-state index in [9.17, 15) is 31.5 Å². The molecule has 2 aromatic carbocycles. The molecule has 0 spiro atoms. The maximum Gasteiger partial charge on any atom is 0.416 e. The normalized spacial score (nSPS) is 16.1. The summed E-state index contributed by atoms with van der Waals surface area (Å²) in [6.45, 7) is 2.74. The molecule has 0 aliphatic carbocycles. The number of alkyl halides is 3. The summed E-state index contributed by atoms with van der Waals surface area (Å²) in [4.78, 5) is 28.2. The number of para-hydroxylation sites is 1. The second kappa shape index (κ2) is 9.01. The molecule has 1 N–H and O–H groups in total. The van der Waals surface area contributed by atoms with Crippen molar-refractivity contribution in [1.82, 2.24) is 9.80 Å². The molecular weight excluding hydrogens is 421 g/mol. The Morgan fingerprint density at radius 2 is 1.48 bits per heavy atom. The van der Waals surface area contributed by atoms with E-state index in [4.69, 9.17) is 0 Å². The number of hydrogen-bond donors (Lipinski definition) is 1. The Balaban J connectivity index is 1.57. The minimum absolute atomic E-state index is 0.141. The molecule has 31 heavy (non-hydrogen) atoms. The highest BCUT2D eigenvalue weighted by atomic mass is 19.4. The molecule has 10 heteroatoms. The lowest BCUT2D eigenvalue weighted by Crippen LogP contribution is -2.54. The zero-order chi connectivity index (χ0) is 22.8. The first-order chi connectivity index (χ1) is 14.6. The summed E-state index contributed by atoms with van der Waals surface area (Å²) in [5.74, 6) is -2.76. The lowest BCUT2D eigenvalue weighted by atomic mass is 10.1. The van der Waals surface area contributed by atoms with Crippen molar-refractivity contribution in [3.05, 3.63) is 65.2 Å².